The zero-order chi connectivity index (χ0) is 11.1. The number of thiocarbonyl (C=S) groups is 1. The largest absolute Gasteiger partial charge is 0.352 e. The van der Waals surface area contributed by atoms with Crippen molar-refractivity contribution in [3.63, 3.8) is 0 Å². The number of anilines is 1. The van der Waals surface area contributed by atoms with Gasteiger partial charge >= 0.3 is 0 Å². The van der Waals surface area contributed by atoms with E-state index < -0.39 is 0 Å². The van der Waals surface area contributed by atoms with E-state index >= 15 is 0 Å². The third-order valence-electron chi connectivity index (χ3n) is 1.94. The van der Waals surface area contributed by atoms with Crippen molar-refractivity contribution in [1.29, 1.82) is 0 Å². The number of terminal acetylenes is 1. The fraction of sp³-hybridized carbons (Fsp3) is 0.250. The molecule has 3 heteroatoms. The van der Waals surface area contributed by atoms with Crippen LogP contribution in [0.25, 0.3) is 0 Å². The van der Waals surface area contributed by atoms with Crippen molar-refractivity contribution in [2.24, 2.45) is 0 Å². The Morgan fingerprint density at radius 1 is 1.53 bits per heavy atom. The van der Waals surface area contributed by atoms with Crippen LogP contribution in [0.1, 0.15) is 12.5 Å². The summed E-state index contributed by atoms with van der Waals surface area (Å²) in [5.41, 5.74) is 2.27. The molecule has 0 amide bonds. The Kier molecular flexibility index (Phi) is 4.65. The second-order valence-corrected chi connectivity index (χ2v) is 3.47. The molecule has 0 heterocycles. The summed E-state index contributed by atoms with van der Waals surface area (Å²) in [5.74, 6) is 2.47. The molecule has 1 aromatic rings. The molecule has 0 aliphatic heterocycles. The van der Waals surface area contributed by atoms with Crippen molar-refractivity contribution in [2.75, 3.05) is 11.9 Å². The smallest absolute Gasteiger partial charge is 0.171 e. The molecular formula is C12H14N2S. The van der Waals surface area contributed by atoms with Crippen LogP contribution < -0.4 is 10.6 Å². The van der Waals surface area contributed by atoms with Crippen LogP contribution in [0, 0.1) is 12.3 Å². The number of benzene rings is 1. The predicted molar refractivity (Wildman–Crippen MR) is 68.9 cm³/mol. The predicted octanol–water partition coefficient (Wildman–Crippen LogP) is 2.17. The molecule has 0 bridgehead atoms. The van der Waals surface area contributed by atoms with Crippen molar-refractivity contribution < 1.29 is 0 Å². The van der Waals surface area contributed by atoms with Gasteiger partial charge in [-0.2, -0.15) is 0 Å². The lowest BCUT2D eigenvalue weighted by molar-refractivity contribution is 1.08. The van der Waals surface area contributed by atoms with Gasteiger partial charge < -0.3 is 10.6 Å². The molecule has 0 aliphatic rings. The maximum absolute atomic E-state index is 5.12. The molecule has 2 N–H and O–H groups in total. The maximum Gasteiger partial charge on any atom is 0.171 e. The fourth-order valence-electron chi connectivity index (χ4n) is 1.18. The molecule has 0 unspecified atom stereocenters. The summed E-state index contributed by atoms with van der Waals surface area (Å²) < 4.78 is 0. The summed E-state index contributed by atoms with van der Waals surface area (Å²) in [6.45, 7) is 2.56. The van der Waals surface area contributed by atoms with E-state index in [1.54, 1.807) is 0 Å². The molecule has 0 atom stereocenters. The zero-order valence-electron chi connectivity index (χ0n) is 8.71. The highest BCUT2D eigenvalue weighted by Gasteiger charge is 1.96. The van der Waals surface area contributed by atoms with Gasteiger partial charge in [0.05, 0.1) is 6.54 Å². The quantitative estimate of drug-likeness (QED) is 0.600. The van der Waals surface area contributed by atoms with Gasteiger partial charge in [0.25, 0.3) is 0 Å². The van der Waals surface area contributed by atoms with E-state index in [2.05, 4.69) is 35.6 Å². The van der Waals surface area contributed by atoms with Gasteiger partial charge in [0, 0.05) is 5.69 Å². The molecule has 1 rings (SSSR count). The molecule has 0 saturated carbocycles. The number of rotatable bonds is 3. The molecule has 0 spiro atoms. The van der Waals surface area contributed by atoms with Crippen molar-refractivity contribution in [3.8, 4) is 12.3 Å². The minimum atomic E-state index is 0.444. The molecule has 0 aliphatic carbocycles. The van der Waals surface area contributed by atoms with Crippen LogP contribution in [-0.4, -0.2) is 11.7 Å². The fourth-order valence-corrected chi connectivity index (χ4v) is 1.37. The topological polar surface area (TPSA) is 24.1 Å². The van der Waals surface area contributed by atoms with Gasteiger partial charge in [-0.05, 0) is 36.3 Å². The van der Waals surface area contributed by atoms with Crippen LogP contribution in [0.3, 0.4) is 0 Å². The summed E-state index contributed by atoms with van der Waals surface area (Å²) in [6, 6.07) is 8.14. The van der Waals surface area contributed by atoms with Gasteiger partial charge in [0.1, 0.15) is 0 Å². The lowest BCUT2D eigenvalue weighted by Gasteiger charge is -2.09. The summed E-state index contributed by atoms with van der Waals surface area (Å²) in [5, 5.41) is 6.54. The third-order valence-corrected chi connectivity index (χ3v) is 2.19. The summed E-state index contributed by atoms with van der Waals surface area (Å²) >= 11 is 5.06. The molecule has 0 saturated heterocycles. The number of nitrogens with one attached hydrogen (secondary N) is 2. The Hall–Kier alpha value is -1.53. The maximum atomic E-state index is 5.12. The lowest BCUT2D eigenvalue weighted by Crippen LogP contribution is -2.28. The standard InChI is InChI=1S/C12H14N2S/c1-3-8-13-12(15)14-11-7-5-6-10(4-2)9-11/h1,5-7,9H,4,8H2,2H3,(H2,13,14,15). The highest BCUT2D eigenvalue weighted by atomic mass is 32.1. The first-order valence-electron chi connectivity index (χ1n) is 4.83. The van der Waals surface area contributed by atoms with Crippen molar-refractivity contribution in [3.05, 3.63) is 29.8 Å². The zero-order valence-corrected chi connectivity index (χ0v) is 9.53. The monoisotopic (exact) mass is 218 g/mol. The Morgan fingerprint density at radius 3 is 3.00 bits per heavy atom. The van der Waals surface area contributed by atoms with Crippen LogP contribution >= 0.6 is 12.2 Å². The Balaban J connectivity index is 2.57. The van der Waals surface area contributed by atoms with Crippen LogP contribution in [-0.2, 0) is 6.42 Å². The molecular weight excluding hydrogens is 204 g/mol. The van der Waals surface area contributed by atoms with Gasteiger partial charge in [-0.25, -0.2) is 0 Å². The first kappa shape index (κ1) is 11.5. The molecule has 0 fully saturated rings. The highest BCUT2D eigenvalue weighted by Crippen LogP contribution is 2.10. The van der Waals surface area contributed by atoms with E-state index in [-0.39, 0.29) is 0 Å². The second kappa shape index (κ2) is 6.05. The van der Waals surface area contributed by atoms with Crippen LogP contribution in [0.5, 0.6) is 0 Å². The first-order valence-corrected chi connectivity index (χ1v) is 5.24. The minimum absolute atomic E-state index is 0.444. The van der Waals surface area contributed by atoms with E-state index in [1.807, 2.05) is 12.1 Å². The Morgan fingerprint density at radius 2 is 2.33 bits per heavy atom. The lowest BCUT2D eigenvalue weighted by atomic mass is 10.1. The average molecular weight is 218 g/mol. The van der Waals surface area contributed by atoms with Crippen molar-refractivity contribution in [1.82, 2.24) is 5.32 Å². The second-order valence-electron chi connectivity index (χ2n) is 3.07. The van der Waals surface area contributed by atoms with Crippen LogP contribution in [0.15, 0.2) is 24.3 Å². The molecule has 15 heavy (non-hydrogen) atoms. The number of aryl methyl sites for hydroxylation is 1. The number of hydrogen-bond acceptors (Lipinski definition) is 1. The summed E-state index contributed by atoms with van der Waals surface area (Å²) in [6.07, 6.45) is 6.13. The van der Waals surface area contributed by atoms with E-state index in [1.165, 1.54) is 5.56 Å². The Bertz CT molecular complexity index is 379. The first-order chi connectivity index (χ1) is 7.26. The Labute approximate surface area is 96.1 Å². The normalized spacial score (nSPS) is 9.07. The van der Waals surface area contributed by atoms with E-state index in [0.29, 0.717) is 11.7 Å². The summed E-state index contributed by atoms with van der Waals surface area (Å²) in [4.78, 5) is 0. The van der Waals surface area contributed by atoms with E-state index in [4.69, 9.17) is 18.6 Å². The third kappa shape index (κ3) is 4.01. The van der Waals surface area contributed by atoms with Crippen LogP contribution in [0.2, 0.25) is 0 Å². The van der Waals surface area contributed by atoms with E-state index in [9.17, 15) is 0 Å². The molecule has 2 nitrogen and oxygen atoms in total. The number of hydrogen-bond donors (Lipinski definition) is 2. The molecule has 0 aromatic heterocycles. The van der Waals surface area contributed by atoms with Gasteiger partial charge in [-0.3, -0.25) is 0 Å². The van der Waals surface area contributed by atoms with Gasteiger partial charge in [0.15, 0.2) is 5.11 Å². The SMILES string of the molecule is C#CCNC(=S)Nc1cccc(CC)c1. The van der Waals surface area contributed by atoms with Gasteiger partial charge in [0.2, 0.25) is 0 Å². The highest BCUT2D eigenvalue weighted by molar-refractivity contribution is 7.80. The van der Waals surface area contributed by atoms with E-state index in [0.717, 1.165) is 12.1 Å². The molecule has 78 valence electrons. The molecule has 0 radical (unpaired) electrons. The van der Waals surface area contributed by atoms with Gasteiger partial charge in [-0.15, -0.1) is 6.42 Å². The minimum Gasteiger partial charge on any atom is -0.352 e. The van der Waals surface area contributed by atoms with Crippen LogP contribution in [0.4, 0.5) is 5.69 Å². The van der Waals surface area contributed by atoms with Gasteiger partial charge in [-0.1, -0.05) is 25.0 Å². The summed E-state index contributed by atoms with van der Waals surface area (Å²) in [7, 11) is 0. The van der Waals surface area contributed by atoms with Crippen molar-refractivity contribution in [2.45, 2.75) is 13.3 Å². The van der Waals surface area contributed by atoms with Crippen molar-refractivity contribution >= 4 is 23.0 Å². The molecule has 1 aromatic carbocycles. The average Bonchev–Trinajstić information content (AvgIpc) is 2.26.